The van der Waals surface area contributed by atoms with Crippen LogP contribution in [0.2, 0.25) is 0 Å². The Morgan fingerprint density at radius 3 is 2.50 bits per heavy atom. The fourth-order valence-corrected chi connectivity index (χ4v) is 2.59. The van der Waals surface area contributed by atoms with Gasteiger partial charge in [0.1, 0.15) is 0 Å². The molecular weight excluding hydrogens is 202 g/mol. The Balaban J connectivity index is 2.41. The van der Waals surface area contributed by atoms with Gasteiger partial charge >= 0.3 is 0 Å². The van der Waals surface area contributed by atoms with E-state index >= 15 is 0 Å². The van der Waals surface area contributed by atoms with E-state index in [0.29, 0.717) is 12.1 Å². The molecule has 0 aliphatic carbocycles. The first-order valence-electron chi connectivity index (χ1n) is 6.65. The molecular formula is C13H27NO2. The van der Waals surface area contributed by atoms with Gasteiger partial charge in [0.2, 0.25) is 0 Å². The average molecular weight is 229 g/mol. The summed E-state index contributed by atoms with van der Waals surface area (Å²) in [6, 6.07) is 0.503. The SMILES string of the molecule is CCNC(CC1CCOCC1)C(CC)OC. The van der Waals surface area contributed by atoms with Crippen molar-refractivity contribution >= 4 is 0 Å². The Labute approximate surface area is 99.9 Å². The van der Waals surface area contributed by atoms with E-state index in [0.717, 1.165) is 32.1 Å². The third kappa shape index (κ3) is 4.40. The second kappa shape index (κ2) is 8.04. The lowest BCUT2D eigenvalue weighted by atomic mass is 9.89. The van der Waals surface area contributed by atoms with Gasteiger partial charge in [-0.2, -0.15) is 0 Å². The summed E-state index contributed by atoms with van der Waals surface area (Å²) in [5.41, 5.74) is 0. The molecule has 0 aromatic heterocycles. The highest BCUT2D eigenvalue weighted by Gasteiger charge is 2.24. The molecule has 1 N–H and O–H groups in total. The number of likely N-dealkylation sites (N-methyl/N-ethyl adjacent to an activating group) is 1. The highest BCUT2D eigenvalue weighted by Crippen LogP contribution is 2.22. The van der Waals surface area contributed by atoms with Crippen molar-refractivity contribution in [2.75, 3.05) is 26.9 Å². The zero-order chi connectivity index (χ0) is 11.8. The van der Waals surface area contributed by atoms with Gasteiger partial charge in [-0.1, -0.05) is 13.8 Å². The lowest BCUT2D eigenvalue weighted by Crippen LogP contribution is -2.42. The van der Waals surface area contributed by atoms with E-state index in [4.69, 9.17) is 9.47 Å². The van der Waals surface area contributed by atoms with Crippen LogP contribution >= 0.6 is 0 Å². The van der Waals surface area contributed by atoms with Crippen molar-refractivity contribution in [1.29, 1.82) is 0 Å². The molecule has 3 nitrogen and oxygen atoms in total. The predicted octanol–water partition coefficient (Wildman–Crippen LogP) is 2.21. The molecule has 1 fully saturated rings. The first-order valence-corrected chi connectivity index (χ1v) is 6.65. The Morgan fingerprint density at radius 2 is 2.00 bits per heavy atom. The summed E-state index contributed by atoms with van der Waals surface area (Å²) in [7, 11) is 1.82. The molecule has 0 aromatic rings. The maximum atomic E-state index is 5.56. The van der Waals surface area contributed by atoms with Crippen LogP contribution in [-0.2, 0) is 9.47 Å². The molecule has 1 rings (SSSR count). The average Bonchev–Trinajstić information content (AvgIpc) is 2.32. The van der Waals surface area contributed by atoms with E-state index in [1.165, 1.54) is 19.3 Å². The van der Waals surface area contributed by atoms with Crippen molar-refractivity contribution in [3.63, 3.8) is 0 Å². The predicted molar refractivity (Wildman–Crippen MR) is 66.7 cm³/mol. The van der Waals surface area contributed by atoms with Gasteiger partial charge in [0.15, 0.2) is 0 Å². The molecule has 16 heavy (non-hydrogen) atoms. The van der Waals surface area contributed by atoms with Crippen molar-refractivity contribution in [3.8, 4) is 0 Å². The molecule has 1 aliphatic heterocycles. The fourth-order valence-electron chi connectivity index (χ4n) is 2.59. The van der Waals surface area contributed by atoms with Gasteiger partial charge < -0.3 is 14.8 Å². The fraction of sp³-hybridized carbons (Fsp3) is 1.00. The number of nitrogens with one attached hydrogen (secondary N) is 1. The third-order valence-electron chi connectivity index (χ3n) is 3.55. The van der Waals surface area contributed by atoms with Crippen molar-refractivity contribution in [3.05, 3.63) is 0 Å². The van der Waals surface area contributed by atoms with E-state index in [1.54, 1.807) is 0 Å². The molecule has 0 saturated carbocycles. The third-order valence-corrected chi connectivity index (χ3v) is 3.55. The minimum atomic E-state index is 0.350. The zero-order valence-corrected chi connectivity index (χ0v) is 11.0. The Kier molecular flexibility index (Phi) is 7.01. The highest BCUT2D eigenvalue weighted by molar-refractivity contribution is 4.80. The number of methoxy groups -OCH3 is 1. The Morgan fingerprint density at radius 1 is 1.31 bits per heavy atom. The lowest BCUT2D eigenvalue weighted by molar-refractivity contribution is 0.0316. The topological polar surface area (TPSA) is 30.5 Å². The summed E-state index contributed by atoms with van der Waals surface area (Å²) in [5, 5.41) is 3.57. The molecule has 1 saturated heterocycles. The van der Waals surface area contributed by atoms with Crippen LogP contribution in [0.25, 0.3) is 0 Å². The Bertz CT molecular complexity index is 165. The summed E-state index contributed by atoms with van der Waals surface area (Å²) in [6.07, 6.45) is 5.08. The van der Waals surface area contributed by atoms with Gasteiger partial charge in [0.25, 0.3) is 0 Å². The molecule has 0 radical (unpaired) electrons. The maximum Gasteiger partial charge on any atom is 0.0721 e. The van der Waals surface area contributed by atoms with Gasteiger partial charge in [-0.3, -0.25) is 0 Å². The van der Waals surface area contributed by atoms with E-state index in [2.05, 4.69) is 19.2 Å². The molecule has 3 heteroatoms. The minimum absolute atomic E-state index is 0.350. The smallest absolute Gasteiger partial charge is 0.0721 e. The standard InChI is InChI=1S/C13H27NO2/c1-4-13(15-3)12(14-5-2)10-11-6-8-16-9-7-11/h11-14H,4-10H2,1-3H3. The molecule has 0 bridgehead atoms. The van der Waals surface area contributed by atoms with Gasteiger partial charge in [0, 0.05) is 26.4 Å². The Hall–Kier alpha value is -0.120. The van der Waals surface area contributed by atoms with Crippen LogP contribution < -0.4 is 5.32 Å². The van der Waals surface area contributed by atoms with Crippen LogP contribution in [-0.4, -0.2) is 39.0 Å². The lowest BCUT2D eigenvalue weighted by Gasteiger charge is -2.31. The van der Waals surface area contributed by atoms with Crippen molar-refractivity contribution in [1.82, 2.24) is 5.32 Å². The van der Waals surface area contributed by atoms with E-state index < -0.39 is 0 Å². The number of rotatable bonds is 7. The molecule has 1 aliphatic rings. The summed E-state index contributed by atoms with van der Waals surface area (Å²) in [6.45, 7) is 7.26. The van der Waals surface area contributed by atoms with Crippen molar-refractivity contribution in [2.24, 2.45) is 5.92 Å². The van der Waals surface area contributed by atoms with Crippen LogP contribution in [0.1, 0.15) is 39.5 Å². The van der Waals surface area contributed by atoms with Gasteiger partial charge in [-0.25, -0.2) is 0 Å². The van der Waals surface area contributed by atoms with Crippen LogP contribution in [0, 0.1) is 5.92 Å². The molecule has 96 valence electrons. The normalized spacial score (nSPS) is 21.9. The molecule has 2 unspecified atom stereocenters. The molecule has 0 aromatic carbocycles. The molecule has 0 amide bonds. The van der Waals surface area contributed by atoms with E-state index in [1.807, 2.05) is 7.11 Å². The number of ether oxygens (including phenoxy) is 2. The zero-order valence-electron chi connectivity index (χ0n) is 11.0. The summed E-state index contributed by atoms with van der Waals surface area (Å²) >= 11 is 0. The molecule has 2 atom stereocenters. The van der Waals surface area contributed by atoms with E-state index in [-0.39, 0.29) is 0 Å². The quantitative estimate of drug-likeness (QED) is 0.726. The van der Waals surface area contributed by atoms with Gasteiger partial charge in [-0.15, -0.1) is 0 Å². The first-order chi connectivity index (χ1) is 7.81. The van der Waals surface area contributed by atoms with Gasteiger partial charge in [0.05, 0.1) is 6.10 Å². The summed E-state index contributed by atoms with van der Waals surface area (Å²) in [5.74, 6) is 0.807. The van der Waals surface area contributed by atoms with Crippen molar-refractivity contribution < 1.29 is 9.47 Å². The minimum Gasteiger partial charge on any atom is -0.381 e. The van der Waals surface area contributed by atoms with Crippen LogP contribution in [0.5, 0.6) is 0 Å². The van der Waals surface area contributed by atoms with Gasteiger partial charge in [-0.05, 0) is 38.1 Å². The van der Waals surface area contributed by atoms with Crippen LogP contribution in [0.4, 0.5) is 0 Å². The highest BCUT2D eigenvalue weighted by atomic mass is 16.5. The maximum absolute atomic E-state index is 5.56. The molecule has 1 heterocycles. The summed E-state index contributed by atoms with van der Waals surface area (Å²) in [4.78, 5) is 0. The first kappa shape index (κ1) is 13.9. The second-order valence-electron chi connectivity index (χ2n) is 4.64. The van der Waals surface area contributed by atoms with Crippen molar-refractivity contribution in [2.45, 2.75) is 51.7 Å². The number of hydrogen-bond acceptors (Lipinski definition) is 3. The largest absolute Gasteiger partial charge is 0.381 e. The second-order valence-corrected chi connectivity index (χ2v) is 4.64. The summed E-state index contributed by atoms with van der Waals surface area (Å²) < 4.78 is 11.0. The van der Waals surface area contributed by atoms with Crippen LogP contribution in [0.15, 0.2) is 0 Å². The van der Waals surface area contributed by atoms with E-state index in [9.17, 15) is 0 Å². The van der Waals surface area contributed by atoms with Crippen LogP contribution in [0.3, 0.4) is 0 Å². The molecule has 0 spiro atoms. The monoisotopic (exact) mass is 229 g/mol. The number of hydrogen-bond donors (Lipinski definition) is 1.